The summed E-state index contributed by atoms with van der Waals surface area (Å²) >= 11 is 0. The Kier molecular flexibility index (Phi) is 2.94. The van der Waals surface area contributed by atoms with Crippen molar-refractivity contribution in [2.24, 2.45) is 0 Å². The number of halogens is 3. The molecule has 16 heavy (non-hydrogen) atoms. The van der Waals surface area contributed by atoms with Crippen LogP contribution in [0.1, 0.15) is 18.4 Å². The normalized spacial score (nSPS) is 16.4. The molecule has 0 saturated carbocycles. The van der Waals surface area contributed by atoms with Crippen LogP contribution in [-0.2, 0) is 6.18 Å². The lowest BCUT2D eigenvalue weighted by Gasteiger charge is -2.18. The second-order valence-corrected chi connectivity index (χ2v) is 3.69. The van der Waals surface area contributed by atoms with Crippen LogP contribution < -0.4 is 10.1 Å². The molecule has 1 aromatic rings. The molecule has 0 atom stereocenters. The maximum absolute atomic E-state index is 12.5. The van der Waals surface area contributed by atoms with Crippen molar-refractivity contribution in [3.63, 3.8) is 0 Å². The first-order valence-corrected chi connectivity index (χ1v) is 5.15. The first-order valence-electron chi connectivity index (χ1n) is 5.15. The van der Waals surface area contributed by atoms with Crippen molar-refractivity contribution < 1.29 is 17.9 Å². The number of alkyl halides is 3. The van der Waals surface area contributed by atoms with Crippen molar-refractivity contribution in [3.05, 3.63) is 23.8 Å². The summed E-state index contributed by atoms with van der Waals surface area (Å²) in [6.45, 7) is 1.23. The van der Waals surface area contributed by atoms with E-state index in [2.05, 4.69) is 5.32 Å². The van der Waals surface area contributed by atoms with Crippen LogP contribution in [-0.4, -0.2) is 13.2 Å². The predicted molar refractivity (Wildman–Crippen MR) is 54.7 cm³/mol. The Morgan fingerprint density at radius 2 is 2.00 bits per heavy atom. The Labute approximate surface area is 91.4 Å². The fourth-order valence-electron chi connectivity index (χ4n) is 1.60. The lowest BCUT2D eigenvalue weighted by molar-refractivity contribution is -0.137. The average molecular weight is 231 g/mol. The summed E-state index contributed by atoms with van der Waals surface area (Å²) in [5, 5.41) is 3.05. The van der Waals surface area contributed by atoms with Gasteiger partial charge in [-0.1, -0.05) is 0 Å². The maximum Gasteiger partial charge on any atom is 0.416 e. The van der Waals surface area contributed by atoms with Gasteiger partial charge in [0.05, 0.1) is 17.9 Å². The van der Waals surface area contributed by atoms with Gasteiger partial charge in [-0.2, -0.15) is 13.2 Å². The number of benzene rings is 1. The van der Waals surface area contributed by atoms with Crippen molar-refractivity contribution in [2.75, 3.05) is 18.5 Å². The van der Waals surface area contributed by atoms with Crippen LogP contribution in [0.15, 0.2) is 18.2 Å². The molecule has 0 saturated heterocycles. The molecule has 0 aliphatic carbocycles. The van der Waals surface area contributed by atoms with Crippen LogP contribution in [0, 0.1) is 0 Å². The van der Waals surface area contributed by atoms with Crippen molar-refractivity contribution in [1.29, 1.82) is 0 Å². The molecule has 0 fully saturated rings. The lowest BCUT2D eigenvalue weighted by Crippen LogP contribution is -2.12. The number of hydrogen-bond donors (Lipinski definition) is 1. The molecular formula is C11H12F3NO. The van der Waals surface area contributed by atoms with Crippen LogP contribution in [0.2, 0.25) is 0 Å². The largest absolute Gasteiger partial charge is 0.491 e. The van der Waals surface area contributed by atoms with Crippen LogP contribution >= 0.6 is 0 Å². The topological polar surface area (TPSA) is 21.3 Å². The molecule has 1 aromatic carbocycles. The van der Waals surface area contributed by atoms with Gasteiger partial charge in [0.1, 0.15) is 5.75 Å². The predicted octanol–water partition coefficient (Wildman–Crippen LogP) is 3.29. The molecule has 5 heteroatoms. The van der Waals surface area contributed by atoms with Crippen LogP contribution in [0.5, 0.6) is 5.75 Å². The summed E-state index contributed by atoms with van der Waals surface area (Å²) in [7, 11) is 0. The Balaban J connectivity index is 2.32. The molecule has 1 N–H and O–H groups in total. The van der Waals surface area contributed by atoms with Gasteiger partial charge in [-0.05, 0) is 31.0 Å². The highest BCUT2D eigenvalue weighted by molar-refractivity contribution is 5.58. The third-order valence-corrected chi connectivity index (χ3v) is 2.45. The van der Waals surface area contributed by atoms with Crippen molar-refractivity contribution >= 4 is 5.69 Å². The third kappa shape index (κ3) is 2.40. The molecule has 0 unspecified atom stereocenters. The van der Waals surface area contributed by atoms with Gasteiger partial charge in [-0.3, -0.25) is 0 Å². The van der Waals surface area contributed by atoms with E-state index in [0.717, 1.165) is 31.5 Å². The van der Waals surface area contributed by atoms with Gasteiger partial charge in [0.15, 0.2) is 0 Å². The van der Waals surface area contributed by atoms with E-state index < -0.39 is 11.7 Å². The van der Waals surface area contributed by atoms with Crippen LogP contribution in [0.25, 0.3) is 0 Å². The molecule has 88 valence electrons. The standard InChI is InChI=1S/C11H12F3NO/c12-11(13,14)8-3-4-9-10(7-8)16-6-2-1-5-15-9/h3-4,7,15H,1-2,5-6H2. The van der Waals surface area contributed by atoms with E-state index >= 15 is 0 Å². The first kappa shape index (κ1) is 11.1. The zero-order chi connectivity index (χ0) is 11.6. The van der Waals surface area contributed by atoms with E-state index in [-0.39, 0.29) is 5.75 Å². The number of ether oxygens (including phenoxy) is 1. The van der Waals surface area contributed by atoms with Crippen LogP contribution in [0.3, 0.4) is 0 Å². The van der Waals surface area contributed by atoms with Gasteiger partial charge in [-0.25, -0.2) is 0 Å². The van der Waals surface area contributed by atoms with Gasteiger partial charge in [0.25, 0.3) is 0 Å². The zero-order valence-corrected chi connectivity index (χ0v) is 8.60. The Morgan fingerprint density at radius 1 is 1.19 bits per heavy atom. The van der Waals surface area contributed by atoms with Crippen LogP contribution in [0.4, 0.5) is 18.9 Å². The second-order valence-electron chi connectivity index (χ2n) is 3.69. The smallest absolute Gasteiger partial charge is 0.416 e. The highest BCUT2D eigenvalue weighted by atomic mass is 19.4. The van der Waals surface area contributed by atoms with E-state index in [0.29, 0.717) is 12.3 Å². The fraction of sp³-hybridized carbons (Fsp3) is 0.455. The Bertz CT molecular complexity index is 376. The molecule has 0 bridgehead atoms. The number of fused-ring (bicyclic) bond motifs is 1. The number of anilines is 1. The monoisotopic (exact) mass is 231 g/mol. The summed E-state index contributed by atoms with van der Waals surface area (Å²) in [6.07, 6.45) is -2.51. The Morgan fingerprint density at radius 3 is 2.75 bits per heavy atom. The van der Waals surface area contributed by atoms with E-state index in [1.54, 1.807) is 0 Å². The molecule has 0 amide bonds. The first-order chi connectivity index (χ1) is 7.57. The molecular weight excluding hydrogens is 219 g/mol. The molecule has 0 spiro atoms. The van der Waals surface area contributed by atoms with Crippen molar-refractivity contribution in [3.8, 4) is 5.75 Å². The fourth-order valence-corrected chi connectivity index (χ4v) is 1.60. The van der Waals surface area contributed by atoms with Crippen molar-refractivity contribution in [2.45, 2.75) is 19.0 Å². The van der Waals surface area contributed by atoms with E-state index in [9.17, 15) is 13.2 Å². The third-order valence-electron chi connectivity index (χ3n) is 2.45. The summed E-state index contributed by atoms with van der Waals surface area (Å²) in [5.74, 6) is 0.287. The molecule has 1 aliphatic heterocycles. The number of rotatable bonds is 0. The van der Waals surface area contributed by atoms with Gasteiger partial charge >= 0.3 is 6.18 Å². The highest BCUT2D eigenvalue weighted by Crippen LogP contribution is 2.35. The number of hydrogen-bond acceptors (Lipinski definition) is 2. The zero-order valence-electron chi connectivity index (χ0n) is 8.60. The molecule has 0 aromatic heterocycles. The molecule has 2 nitrogen and oxygen atoms in total. The van der Waals surface area contributed by atoms with Gasteiger partial charge in [0.2, 0.25) is 0 Å². The summed E-state index contributed by atoms with van der Waals surface area (Å²) < 4.78 is 42.7. The minimum Gasteiger partial charge on any atom is -0.491 e. The highest BCUT2D eigenvalue weighted by Gasteiger charge is 2.31. The molecule has 1 heterocycles. The summed E-state index contributed by atoms with van der Waals surface area (Å²) in [5.41, 5.74) is -0.0404. The second kappa shape index (κ2) is 4.23. The van der Waals surface area contributed by atoms with E-state index in [1.165, 1.54) is 6.07 Å². The minimum atomic E-state index is -4.32. The van der Waals surface area contributed by atoms with Gasteiger partial charge in [0, 0.05) is 6.54 Å². The maximum atomic E-state index is 12.5. The quantitative estimate of drug-likeness (QED) is 0.739. The minimum absolute atomic E-state index is 0.287. The van der Waals surface area contributed by atoms with Gasteiger partial charge < -0.3 is 10.1 Å². The molecule has 0 radical (unpaired) electrons. The molecule has 1 aliphatic rings. The summed E-state index contributed by atoms with van der Waals surface area (Å²) in [4.78, 5) is 0. The van der Waals surface area contributed by atoms with Gasteiger partial charge in [-0.15, -0.1) is 0 Å². The molecule has 2 rings (SSSR count). The Hall–Kier alpha value is -1.39. The van der Waals surface area contributed by atoms with E-state index in [4.69, 9.17) is 4.74 Å². The SMILES string of the molecule is FC(F)(F)c1ccc2c(c1)OCCCCN2. The van der Waals surface area contributed by atoms with Crippen molar-refractivity contribution in [1.82, 2.24) is 0 Å². The van der Waals surface area contributed by atoms with E-state index in [1.807, 2.05) is 0 Å². The average Bonchev–Trinajstić information content (AvgIpc) is 2.16. The number of nitrogens with one attached hydrogen (secondary N) is 1. The summed E-state index contributed by atoms with van der Waals surface area (Å²) in [6, 6.07) is 3.54. The lowest BCUT2D eigenvalue weighted by atomic mass is 10.1.